The molecule has 1 amide bonds. The van der Waals surface area contributed by atoms with E-state index in [1.807, 2.05) is 19.0 Å². The van der Waals surface area contributed by atoms with Gasteiger partial charge in [0.15, 0.2) is 0 Å². The summed E-state index contributed by atoms with van der Waals surface area (Å²) in [4.78, 5) is 13.9. The fourth-order valence-corrected chi connectivity index (χ4v) is 3.01. The number of benzene rings is 1. The Labute approximate surface area is 143 Å². The van der Waals surface area contributed by atoms with Crippen LogP contribution in [-0.4, -0.2) is 63.5 Å². The number of nitrogens with zero attached hydrogens (tertiary/aromatic N) is 2. The van der Waals surface area contributed by atoms with Gasteiger partial charge in [0.05, 0.1) is 6.26 Å². The van der Waals surface area contributed by atoms with Crippen molar-refractivity contribution in [3.8, 4) is 0 Å². The maximum absolute atomic E-state index is 12.8. The molecule has 0 saturated heterocycles. The smallest absolute Gasteiger partial charge is 0.221 e. The Morgan fingerprint density at radius 1 is 1.12 bits per heavy atom. The summed E-state index contributed by atoms with van der Waals surface area (Å²) in [6.45, 7) is 1.62. The van der Waals surface area contributed by atoms with Crippen LogP contribution in [0.4, 0.5) is 4.39 Å². The van der Waals surface area contributed by atoms with E-state index in [-0.39, 0.29) is 24.7 Å². The molecule has 0 aromatic heterocycles. The molecule has 0 saturated carbocycles. The van der Waals surface area contributed by atoms with Crippen LogP contribution in [-0.2, 0) is 21.4 Å². The number of carbonyl (C=O) groups excluding carboxylic acids is 1. The van der Waals surface area contributed by atoms with Crippen LogP contribution in [0.3, 0.4) is 0 Å². The van der Waals surface area contributed by atoms with Crippen molar-refractivity contribution < 1.29 is 17.6 Å². The van der Waals surface area contributed by atoms with Gasteiger partial charge in [0, 0.05) is 26.1 Å². The van der Waals surface area contributed by atoms with Gasteiger partial charge in [-0.15, -0.1) is 0 Å². The summed E-state index contributed by atoms with van der Waals surface area (Å²) in [5, 5.41) is 2.71. The number of amides is 1. The molecule has 0 fully saturated rings. The Balaban J connectivity index is 2.41. The first-order chi connectivity index (χ1) is 11.2. The Hall–Kier alpha value is -1.51. The fraction of sp³-hybridized carbons (Fsp3) is 0.562. The first kappa shape index (κ1) is 20.5. The molecule has 1 aromatic rings. The zero-order valence-corrected chi connectivity index (χ0v) is 15.3. The molecule has 0 heterocycles. The van der Waals surface area contributed by atoms with Crippen LogP contribution in [0.2, 0.25) is 0 Å². The van der Waals surface area contributed by atoms with Crippen molar-refractivity contribution in [1.29, 1.82) is 0 Å². The van der Waals surface area contributed by atoms with E-state index >= 15 is 0 Å². The molecule has 6 nitrogen and oxygen atoms in total. The van der Waals surface area contributed by atoms with E-state index in [0.29, 0.717) is 19.5 Å². The van der Waals surface area contributed by atoms with Gasteiger partial charge in [-0.1, -0.05) is 12.1 Å². The highest BCUT2D eigenvalue weighted by Gasteiger charge is 2.17. The van der Waals surface area contributed by atoms with Crippen LogP contribution >= 0.6 is 0 Å². The Bertz CT molecular complexity index is 618. The van der Waals surface area contributed by atoms with Gasteiger partial charge in [0.2, 0.25) is 15.9 Å². The minimum atomic E-state index is -3.34. The molecular formula is C16H26FN3O3S. The molecule has 0 aliphatic carbocycles. The number of nitrogens with one attached hydrogen (secondary N) is 1. The lowest BCUT2D eigenvalue weighted by Gasteiger charge is -2.20. The van der Waals surface area contributed by atoms with Crippen molar-refractivity contribution in [2.24, 2.45) is 0 Å². The normalized spacial score (nSPS) is 11.9. The standard InChI is InChI=1S/C16H26FN3O3S/c1-19(2)10-4-11-20(24(3,22)23)12-9-16(21)18-13-14-5-7-15(17)8-6-14/h5-8H,4,9-13H2,1-3H3,(H,18,21). The number of sulfonamides is 1. The summed E-state index contributed by atoms with van der Waals surface area (Å²) in [7, 11) is 0.511. The van der Waals surface area contributed by atoms with Crippen LogP contribution < -0.4 is 5.32 Å². The Kier molecular flexibility index (Phi) is 8.30. The van der Waals surface area contributed by atoms with Gasteiger partial charge in [-0.3, -0.25) is 4.79 Å². The minimum Gasteiger partial charge on any atom is -0.352 e. The zero-order valence-electron chi connectivity index (χ0n) is 14.5. The summed E-state index contributed by atoms with van der Waals surface area (Å²) < 4.78 is 37.7. The summed E-state index contributed by atoms with van der Waals surface area (Å²) >= 11 is 0. The van der Waals surface area contributed by atoms with Crippen molar-refractivity contribution in [2.45, 2.75) is 19.4 Å². The van der Waals surface area contributed by atoms with Crippen LogP contribution in [0, 0.1) is 5.82 Å². The van der Waals surface area contributed by atoms with Crippen LogP contribution in [0.1, 0.15) is 18.4 Å². The molecule has 1 aromatic carbocycles. The van der Waals surface area contributed by atoms with Gasteiger partial charge in [-0.05, 0) is 44.8 Å². The van der Waals surface area contributed by atoms with Gasteiger partial charge >= 0.3 is 0 Å². The van der Waals surface area contributed by atoms with Crippen LogP contribution in [0.25, 0.3) is 0 Å². The maximum atomic E-state index is 12.8. The molecule has 136 valence electrons. The largest absolute Gasteiger partial charge is 0.352 e. The third kappa shape index (κ3) is 8.37. The first-order valence-corrected chi connectivity index (χ1v) is 9.64. The summed E-state index contributed by atoms with van der Waals surface area (Å²) in [5.41, 5.74) is 0.788. The molecule has 0 radical (unpaired) electrons. The summed E-state index contributed by atoms with van der Waals surface area (Å²) in [6.07, 6.45) is 1.95. The fourth-order valence-electron chi connectivity index (χ4n) is 2.12. The Morgan fingerprint density at radius 2 is 1.75 bits per heavy atom. The van der Waals surface area contributed by atoms with Crippen molar-refractivity contribution in [3.63, 3.8) is 0 Å². The van der Waals surface area contributed by atoms with Crippen molar-refractivity contribution >= 4 is 15.9 Å². The lowest BCUT2D eigenvalue weighted by molar-refractivity contribution is -0.121. The molecule has 8 heteroatoms. The molecule has 0 spiro atoms. The molecule has 0 bridgehead atoms. The number of halogens is 1. The summed E-state index contributed by atoms with van der Waals surface area (Å²) in [6, 6.07) is 5.86. The zero-order chi connectivity index (χ0) is 18.2. The van der Waals surface area contributed by atoms with E-state index < -0.39 is 10.0 Å². The van der Waals surface area contributed by atoms with E-state index in [1.54, 1.807) is 12.1 Å². The minimum absolute atomic E-state index is 0.0935. The van der Waals surface area contributed by atoms with Crippen molar-refractivity contribution in [2.75, 3.05) is 40.0 Å². The van der Waals surface area contributed by atoms with E-state index in [4.69, 9.17) is 0 Å². The highest BCUT2D eigenvalue weighted by Crippen LogP contribution is 2.04. The van der Waals surface area contributed by atoms with Crippen LogP contribution in [0.15, 0.2) is 24.3 Å². The molecule has 0 atom stereocenters. The highest BCUT2D eigenvalue weighted by atomic mass is 32.2. The average Bonchev–Trinajstić information content (AvgIpc) is 2.48. The molecule has 0 aliphatic rings. The van der Waals surface area contributed by atoms with Gasteiger partial charge in [0.1, 0.15) is 5.82 Å². The second kappa shape index (κ2) is 9.71. The molecule has 1 rings (SSSR count). The van der Waals surface area contributed by atoms with Gasteiger partial charge < -0.3 is 10.2 Å². The molecular weight excluding hydrogens is 333 g/mol. The van der Waals surface area contributed by atoms with Gasteiger partial charge in [-0.25, -0.2) is 17.1 Å². The molecule has 1 N–H and O–H groups in total. The Morgan fingerprint density at radius 3 is 2.29 bits per heavy atom. The lowest BCUT2D eigenvalue weighted by atomic mass is 10.2. The topological polar surface area (TPSA) is 69.7 Å². The predicted molar refractivity (Wildman–Crippen MR) is 92.5 cm³/mol. The average molecular weight is 359 g/mol. The second-order valence-electron chi connectivity index (χ2n) is 5.97. The van der Waals surface area contributed by atoms with Crippen molar-refractivity contribution in [3.05, 3.63) is 35.6 Å². The number of rotatable bonds is 10. The summed E-state index contributed by atoms with van der Waals surface area (Å²) in [5.74, 6) is -0.563. The van der Waals surface area contributed by atoms with E-state index in [0.717, 1.165) is 18.4 Å². The lowest BCUT2D eigenvalue weighted by Crippen LogP contribution is -2.36. The van der Waals surface area contributed by atoms with Gasteiger partial charge in [0.25, 0.3) is 0 Å². The monoisotopic (exact) mass is 359 g/mol. The number of hydrogen-bond donors (Lipinski definition) is 1. The first-order valence-electron chi connectivity index (χ1n) is 7.79. The molecule has 24 heavy (non-hydrogen) atoms. The highest BCUT2D eigenvalue weighted by molar-refractivity contribution is 7.88. The van der Waals surface area contributed by atoms with Gasteiger partial charge in [-0.2, -0.15) is 0 Å². The third-order valence-electron chi connectivity index (χ3n) is 3.47. The van der Waals surface area contributed by atoms with Crippen LogP contribution in [0.5, 0.6) is 0 Å². The quantitative estimate of drug-likeness (QED) is 0.678. The van der Waals surface area contributed by atoms with E-state index in [1.165, 1.54) is 16.4 Å². The van der Waals surface area contributed by atoms with Crippen molar-refractivity contribution in [1.82, 2.24) is 14.5 Å². The molecule has 0 unspecified atom stereocenters. The number of carbonyl (C=O) groups is 1. The number of hydrogen-bond acceptors (Lipinski definition) is 4. The SMILES string of the molecule is CN(C)CCCN(CCC(=O)NCc1ccc(F)cc1)S(C)(=O)=O. The van der Waals surface area contributed by atoms with E-state index in [2.05, 4.69) is 5.32 Å². The molecule has 0 aliphatic heterocycles. The maximum Gasteiger partial charge on any atom is 0.221 e. The predicted octanol–water partition coefficient (Wildman–Crippen LogP) is 1.05. The third-order valence-corrected chi connectivity index (χ3v) is 4.78. The second-order valence-corrected chi connectivity index (χ2v) is 7.95. The van der Waals surface area contributed by atoms with E-state index in [9.17, 15) is 17.6 Å².